The molecule has 38 heavy (non-hydrogen) atoms. The molecular weight excluding hydrogens is 518 g/mol. The third kappa shape index (κ3) is 4.73. The summed E-state index contributed by atoms with van der Waals surface area (Å²) in [6, 6.07) is 6.33. The van der Waals surface area contributed by atoms with Crippen LogP contribution >= 0.6 is 11.6 Å². The molecule has 1 aromatic carbocycles. The zero-order valence-electron chi connectivity index (χ0n) is 20.8. The highest BCUT2D eigenvalue weighted by Crippen LogP contribution is 2.34. The van der Waals surface area contributed by atoms with E-state index in [4.69, 9.17) is 16.3 Å². The molecule has 0 aliphatic carbocycles. The minimum atomic E-state index is -1.11. The van der Waals surface area contributed by atoms with Gasteiger partial charge in [0.05, 0.1) is 40.2 Å². The fourth-order valence-electron chi connectivity index (χ4n) is 4.48. The van der Waals surface area contributed by atoms with Gasteiger partial charge in [-0.15, -0.1) is 0 Å². The van der Waals surface area contributed by atoms with Crippen LogP contribution in [-0.2, 0) is 9.59 Å². The lowest BCUT2D eigenvalue weighted by Gasteiger charge is -2.19. The Labute approximate surface area is 222 Å². The van der Waals surface area contributed by atoms with Crippen molar-refractivity contribution in [2.24, 2.45) is 15.6 Å². The van der Waals surface area contributed by atoms with Crippen LogP contribution < -0.4 is 10.2 Å². The van der Waals surface area contributed by atoms with E-state index in [-0.39, 0.29) is 48.3 Å². The SMILES string of the molecule is CC1(C)C(=O)N(CCCCOc2ccc(C3=NNC(=O)CC3)c(F)c2F)N=C1c1cnn2cc(Cl)ccc12. The number of halogens is 3. The molecule has 5 rings (SSSR count). The van der Waals surface area contributed by atoms with Crippen LogP contribution in [-0.4, -0.2) is 51.0 Å². The number of hydrogen-bond donors (Lipinski definition) is 1. The normalized spacial score (nSPS) is 17.0. The standard InChI is InChI=1S/C26H25ClF2N6O3/c1-26(2)24(17-13-30-35-14-15(27)5-8-19(17)35)33-34(25(26)37)11-3-4-12-38-20-9-6-16(22(28)23(20)29)18-7-10-21(36)32-31-18/h5-6,8-9,13-14H,3-4,7,10-12H2,1-2H3,(H,32,36). The molecule has 0 fully saturated rings. The lowest BCUT2D eigenvalue weighted by atomic mass is 9.84. The number of ether oxygens (including phenoxy) is 1. The molecule has 0 radical (unpaired) electrons. The number of hydrazone groups is 2. The average Bonchev–Trinajstić information content (AvgIpc) is 3.39. The van der Waals surface area contributed by atoms with Crippen molar-refractivity contribution in [3.8, 4) is 5.75 Å². The molecule has 2 amide bonds. The van der Waals surface area contributed by atoms with Gasteiger partial charge in [0.1, 0.15) is 0 Å². The highest BCUT2D eigenvalue weighted by atomic mass is 35.5. The average molecular weight is 543 g/mol. The van der Waals surface area contributed by atoms with Gasteiger partial charge < -0.3 is 4.74 Å². The van der Waals surface area contributed by atoms with Gasteiger partial charge >= 0.3 is 0 Å². The molecule has 0 atom stereocenters. The van der Waals surface area contributed by atoms with E-state index in [2.05, 4.69) is 20.7 Å². The number of unbranched alkanes of at least 4 members (excludes halogenated alkanes) is 1. The van der Waals surface area contributed by atoms with Gasteiger partial charge in [-0.25, -0.2) is 19.3 Å². The Balaban J connectivity index is 1.19. The van der Waals surface area contributed by atoms with Gasteiger partial charge in [0, 0.05) is 36.7 Å². The molecule has 0 bridgehead atoms. The Hall–Kier alpha value is -3.86. The fraction of sp³-hybridized carbons (Fsp3) is 0.346. The second-order valence-electron chi connectivity index (χ2n) is 9.63. The summed E-state index contributed by atoms with van der Waals surface area (Å²) < 4.78 is 36.3. The lowest BCUT2D eigenvalue weighted by molar-refractivity contribution is -0.135. The molecule has 4 heterocycles. The number of fused-ring (bicyclic) bond motifs is 1. The summed E-state index contributed by atoms with van der Waals surface area (Å²) in [4.78, 5) is 24.3. The van der Waals surface area contributed by atoms with Crippen LogP contribution in [0.25, 0.3) is 5.52 Å². The maximum absolute atomic E-state index is 14.6. The quantitative estimate of drug-likeness (QED) is 0.429. The van der Waals surface area contributed by atoms with Crippen molar-refractivity contribution < 1.29 is 23.1 Å². The number of amides is 2. The number of pyridine rings is 1. The molecule has 2 aromatic heterocycles. The van der Waals surface area contributed by atoms with E-state index in [1.54, 1.807) is 23.0 Å². The molecule has 0 unspecified atom stereocenters. The van der Waals surface area contributed by atoms with Crippen LogP contribution in [0, 0.1) is 17.0 Å². The molecule has 0 saturated heterocycles. The van der Waals surface area contributed by atoms with Crippen LogP contribution in [0.5, 0.6) is 5.75 Å². The van der Waals surface area contributed by atoms with Gasteiger partial charge in [-0.3, -0.25) is 9.59 Å². The molecule has 2 aliphatic heterocycles. The second kappa shape index (κ2) is 10.1. The van der Waals surface area contributed by atoms with E-state index in [0.717, 1.165) is 11.1 Å². The molecule has 12 heteroatoms. The van der Waals surface area contributed by atoms with Crippen molar-refractivity contribution in [2.75, 3.05) is 13.2 Å². The summed E-state index contributed by atoms with van der Waals surface area (Å²) in [5.74, 6) is -2.79. The predicted octanol–water partition coefficient (Wildman–Crippen LogP) is 4.31. The van der Waals surface area contributed by atoms with Crippen LogP contribution in [0.3, 0.4) is 0 Å². The highest BCUT2D eigenvalue weighted by molar-refractivity contribution is 6.30. The van der Waals surface area contributed by atoms with Gasteiger partial charge in [-0.2, -0.15) is 19.7 Å². The number of rotatable bonds is 8. The monoisotopic (exact) mass is 542 g/mol. The summed E-state index contributed by atoms with van der Waals surface area (Å²) >= 11 is 6.05. The van der Waals surface area contributed by atoms with Crippen LogP contribution in [0.1, 0.15) is 50.7 Å². The summed E-state index contributed by atoms with van der Waals surface area (Å²) in [7, 11) is 0. The van der Waals surface area contributed by atoms with E-state index in [0.29, 0.717) is 30.1 Å². The summed E-state index contributed by atoms with van der Waals surface area (Å²) in [5.41, 5.74) is 3.88. The van der Waals surface area contributed by atoms with Crippen molar-refractivity contribution in [3.63, 3.8) is 0 Å². The molecule has 0 saturated carbocycles. The first kappa shape index (κ1) is 25.8. The van der Waals surface area contributed by atoms with Crippen molar-refractivity contribution in [1.82, 2.24) is 20.0 Å². The van der Waals surface area contributed by atoms with Crippen LogP contribution in [0.4, 0.5) is 8.78 Å². The third-order valence-electron chi connectivity index (χ3n) is 6.60. The Kier molecular flexibility index (Phi) is 6.87. The number of aromatic nitrogens is 2. The van der Waals surface area contributed by atoms with Crippen molar-refractivity contribution in [3.05, 3.63) is 64.4 Å². The first-order valence-corrected chi connectivity index (χ1v) is 12.6. The molecule has 1 N–H and O–H groups in total. The number of hydrogen-bond acceptors (Lipinski definition) is 6. The van der Waals surface area contributed by atoms with Gasteiger partial charge in [-0.1, -0.05) is 11.6 Å². The van der Waals surface area contributed by atoms with Crippen molar-refractivity contribution in [1.29, 1.82) is 0 Å². The summed E-state index contributed by atoms with van der Waals surface area (Å²) in [6.45, 7) is 4.12. The number of nitrogens with zero attached hydrogens (tertiary/aromatic N) is 5. The highest BCUT2D eigenvalue weighted by Gasteiger charge is 2.44. The van der Waals surface area contributed by atoms with Crippen LogP contribution in [0.15, 0.2) is 46.9 Å². The molecule has 198 valence electrons. The summed E-state index contributed by atoms with van der Waals surface area (Å²) in [5, 5.41) is 14.7. The topological polar surface area (TPSA) is 101 Å². The van der Waals surface area contributed by atoms with Gasteiger partial charge in [-0.05, 0) is 51.0 Å². The lowest BCUT2D eigenvalue weighted by Crippen LogP contribution is -2.35. The molecule has 9 nitrogen and oxygen atoms in total. The zero-order chi connectivity index (χ0) is 27.0. The van der Waals surface area contributed by atoms with Gasteiger partial charge in [0.25, 0.3) is 5.91 Å². The van der Waals surface area contributed by atoms with Crippen molar-refractivity contribution >= 4 is 40.4 Å². The maximum Gasteiger partial charge on any atom is 0.254 e. The summed E-state index contributed by atoms with van der Waals surface area (Å²) in [6.07, 6.45) is 4.78. The predicted molar refractivity (Wildman–Crippen MR) is 137 cm³/mol. The largest absolute Gasteiger partial charge is 0.490 e. The number of nitrogens with one attached hydrogen (secondary N) is 1. The minimum absolute atomic E-state index is 0.00650. The Morgan fingerprint density at radius 2 is 1.89 bits per heavy atom. The molecule has 3 aromatic rings. The van der Waals surface area contributed by atoms with Crippen molar-refractivity contribution in [2.45, 2.75) is 39.5 Å². The fourth-order valence-corrected chi connectivity index (χ4v) is 4.63. The molecule has 2 aliphatic rings. The Morgan fingerprint density at radius 1 is 1.08 bits per heavy atom. The number of carbonyl (C=O) groups is 2. The van der Waals surface area contributed by atoms with E-state index < -0.39 is 17.0 Å². The number of carbonyl (C=O) groups excluding carboxylic acids is 2. The first-order chi connectivity index (χ1) is 18.2. The first-order valence-electron chi connectivity index (χ1n) is 12.2. The Morgan fingerprint density at radius 3 is 2.66 bits per heavy atom. The van der Waals surface area contributed by atoms with E-state index in [1.807, 2.05) is 19.9 Å². The number of benzene rings is 1. The molecular formula is C26H25ClF2N6O3. The third-order valence-corrected chi connectivity index (χ3v) is 6.82. The second-order valence-corrected chi connectivity index (χ2v) is 10.1. The van der Waals surface area contributed by atoms with Crippen LogP contribution in [0.2, 0.25) is 5.02 Å². The van der Waals surface area contributed by atoms with E-state index >= 15 is 0 Å². The minimum Gasteiger partial charge on any atom is -0.490 e. The van der Waals surface area contributed by atoms with Gasteiger partial charge in [0.15, 0.2) is 11.6 Å². The van der Waals surface area contributed by atoms with Gasteiger partial charge in [0.2, 0.25) is 11.7 Å². The smallest absolute Gasteiger partial charge is 0.254 e. The van der Waals surface area contributed by atoms with E-state index in [1.165, 1.54) is 17.1 Å². The van der Waals surface area contributed by atoms with E-state index in [9.17, 15) is 18.4 Å². The maximum atomic E-state index is 14.6. The molecule has 0 spiro atoms. The Bertz CT molecular complexity index is 1500. The zero-order valence-corrected chi connectivity index (χ0v) is 21.6.